The van der Waals surface area contributed by atoms with E-state index in [0.29, 0.717) is 0 Å². The van der Waals surface area contributed by atoms with Crippen LogP contribution in [0.5, 0.6) is 0 Å². The first-order valence-corrected chi connectivity index (χ1v) is 11.4. The van der Waals surface area contributed by atoms with Gasteiger partial charge in [-0.15, -0.1) is 24.0 Å². The summed E-state index contributed by atoms with van der Waals surface area (Å²) in [5.74, 6) is 1.13. The molecule has 3 rings (SSSR count). The number of anilines is 1. The molecule has 31 heavy (non-hydrogen) atoms. The van der Waals surface area contributed by atoms with E-state index in [-0.39, 0.29) is 36.0 Å². The lowest BCUT2D eigenvalue weighted by molar-refractivity contribution is -0.142. The largest absolute Gasteiger partial charge is 0.375 e. The van der Waals surface area contributed by atoms with Crippen molar-refractivity contribution >= 4 is 41.5 Å². The number of ether oxygens (including phenoxy) is 1. The van der Waals surface area contributed by atoms with E-state index in [1.54, 1.807) is 0 Å². The number of aliphatic imine (C=N–C) groups is 1. The Labute approximate surface area is 204 Å². The van der Waals surface area contributed by atoms with Gasteiger partial charge >= 0.3 is 0 Å². The maximum atomic E-state index is 12.5. The number of rotatable bonds is 8. The Hall–Kier alpha value is -1.55. The molecule has 8 heteroatoms. The van der Waals surface area contributed by atoms with Gasteiger partial charge in [0.25, 0.3) is 5.91 Å². The van der Waals surface area contributed by atoms with E-state index in [9.17, 15) is 4.79 Å². The zero-order chi connectivity index (χ0) is 21.2. The number of hydrogen-bond acceptors (Lipinski definition) is 4. The highest BCUT2D eigenvalue weighted by Gasteiger charge is 2.30. The summed E-state index contributed by atoms with van der Waals surface area (Å²) in [7, 11) is 2.14. The predicted molar refractivity (Wildman–Crippen MR) is 137 cm³/mol. The monoisotopic (exact) mass is 543 g/mol. The second kappa shape index (κ2) is 13.8. The number of hydrogen-bond donors (Lipinski definition) is 1. The lowest BCUT2D eigenvalue weighted by Gasteiger charge is -2.37. The lowest BCUT2D eigenvalue weighted by atomic mass is 10.2. The molecule has 0 bridgehead atoms. The van der Waals surface area contributed by atoms with E-state index in [1.807, 2.05) is 11.0 Å². The van der Waals surface area contributed by atoms with E-state index < -0.39 is 0 Å². The quantitative estimate of drug-likeness (QED) is 0.237. The van der Waals surface area contributed by atoms with Crippen molar-refractivity contribution in [1.82, 2.24) is 15.1 Å². The SMILES string of the molecule is CCNC(=NCCCCN(C)c1ccccc1)N1CCN(C(=O)C2CCCO2)CC1.I. The van der Waals surface area contributed by atoms with E-state index in [2.05, 4.69) is 53.4 Å². The van der Waals surface area contributed by atoms with Gasteiger partial charge in [0, 0.05) is 65.2 Å². The molecule has 0 radical (unpaired) electrons. The Morgan fingerprint density at radius 2 is 1.87 bits per heavy atom. The number of guanidine groups is 1. The van der Waals surface area contributed by atoms with Gasteiger partial charge in [-0.25, -0.2) is 0 Å². The molecule has 1 N–H and O–H groups in total. The summed E-state index contributed by atoms with van der Waals surface area (Å²) in [5, 5.41) is 3.41. The first kappa shape index (κ1) is 25.7. The van der Waals surface area contributed by atoms with Gasteiger partial charge in [-0.1, -0.05) is 18.2 Å². The average molecular weight is 543 g/mol. The average Bonchev–Trinajstić information content (AvgIpc) is 3.33. The number of para-hydroxylation sites is 1. The maximum absolute atomic E-state index is 12.5. The van der Waals surface area contributed by atoms with Crippen LogP contribution >= 0.6 is 24.0 Å². The van der Waals surface area contributed by atoms with Crippen LogP contribution in [0.15, 0.2) is 35.3 Å². The zero-order valence-corrected chi connectivity index (χ0v) is 21.3. The lowest BCUT2D eigenvalue weighted by Crippen LogP contribution is -2.55. The van der Waals surface area contributed by atoms with Crippen LogP contribution in [0.25, 0.3) is 0 Å². The molecule has 2 saturated heterocycles. The normalized spacial score (nSPS) is 19.2. The number of benzene rings is 1. The Morgan fingerprint density at radius 3 is 2.52 bits per heavy atom. The van der Waals surface area contributed by atoms with Crippen LogP contribution in [0, 0.1) is 0 Å². The highest BCUT2D eigenvalue weighted by Crippen LogP contribution is 2.16. The molecule has 2 fully saturated rings. The minimum Gasteiger partial charge on any atom is -0.375 e. The van der Waals surface area contributed by atoms with Crippen LogP contribution in [0.3, 0.4) is 0 Å². The third-order valence-electron chi connectivity index (χ3n) is 5.79. The van der Waals surface area contributed by atoms with Gasteiger partial charge in [0.2, 0.25) is 0 Å². The van der Waals surface area contributed by atoms with Crippen LogP contribution in [0.4, 0.5) is 5.69 Å². The minimum atomic E-state index is -0.215. The number of nitrogens with zero attached hydrogens (tertiary/aromatic N) is 4. The topological polar surface area (TPSA) is 60.4 Å². The van der Waals surface area contributed by atoms with Gasteiger partial charge in [0.15, 0.2) is 5.96 Å². The third kappa shape index (κ3) is 7.82. The van der Waals surface area contributed by atoms with E-state index in [1.165, 1.54) is 5.69 Å². The first-order chi connectivity index (χ1) is 14.7. The molecule has 1 unspecified atom stereocenters. The Bertz CT molecular complexity index is 674. The van der Waals surface area contributed by atoms with E-state index >= 15 is 0 Å². The highest BCUT2D eigenvalue weighted by atomic mass is 127. The van der Waals surface area contributed by atoms with Crippen molar-refractivity contribution in [3.63, 3.8) is 0 Å². The Balaban J connectivity index is 0.00000341. The summed E-state index contributed by atoms with van der Waals surface area (Å²) in [6.45, 7) is 8.64. The summed E-state index contributed by atoms with van der Waals surface area (Å²) in [6.07, 6.45) is 3.81. The van der Waals surface area contributed by atoms with Gasteiger partial charge in [0.05, 0.1) is 0 Å². The number of piperazine rings is 1. The smallest absolute Gasteiger partial charge is 0.251 e. The molecule has 0 aromatic heterocycles. The number of carbonyl (C=O) groups is 1. The van der Waals surface area contributed by atoms with Crippen LogP contribution in [0.1, 0.15) is 32.6 Å². The second-order valence-electron chi connectivity index (χ2n) is 8.01. The number of amides is 1. The third-order valence-corrected chi connectivity index (χ3v) is 5.79. The van der Waals surface area contributed by atoms with Crippen LogP contribution in [-0.2, 0) is 9.53 Å². The highest BCUT2D eigenvalue weighted by molar-refractivity contribution is 14.0. The molecule has 1 atom stereocenters. The Morgan fingerprint density at radius 1 is 1.16 bits per heavy atom. The molecule has 174 valence electrons. The number of nitrogens with one attached hydrogen (secondary N) is 1. The van der Waals surface area contributed by atoms with Crippen molar-refractivity contribution in [2.75, 3.05) is 64.4 Å². The molecule has 1 aromatic rings. The molecule has 2 aliphatic rings. The molecule has 2 aliphatic heterocycles. The van der Waals surface area contributed by atoms with Crippen LogP contribution in [0.2, 0.25) is 0 Å². The standard InChI is InChI=1S/C23H37N5O2.HI/c1-3-24-23(25-13-7-8-14-26(2)20-10-5-4-6-11-20)28-17-15-27(16-18-28)22(29)21-12-9-19-30-21;/h4-6,10-11,21H,3,7-9,12-19H2,1-2H3,(H,24,25);1H. The molecule has 7 nitrogen and oxygen atoms in total. The molecule has 1 amide bonds. The van der Waals surface area contributed by atoms with Crippen molar-refractivity contribution < 1.29 is 9.53 Å². The van der Waals surface area contributed by atoms with Gasteiger partial charge in [-0.3, -0.25) is 9.79 Å². The van der Waals surface area contributed by atoms with E-state index in [0.717, 1.165) is 84.1 Å². The van der Waals surface area contributed by atoms with Gasteiger partial charge < -0.3 is 24.8 Å². The molecule has 1 aromatic carbocycles. The van der Waals surface area contributed by atoms with Crippen molar-refractivity contribution in [3.8, 4) is 0 Å². The Kier molecular flexibility index (Phi) is 11.4. The number of carbonyl (C=O) groups excluding carboxylic acids is 1. The number of unbranched alkanes of at least 4 members (excludes halogenated alkanes) is 1. The van der Waals surface area contributed by atoms with Crippen molar-refractivity contribution in [3.05, 3.63) is 30.3 Å². The van der Waals surface area contributed by atoms with Gasteiger partial charge in [0.1, 0.15) is 6.10 Å². The fourth-order valence-corrected chi connectivity index (χ4v) is 4.00. The molecule has 0 saturated carbocycles. The summed E-state index contributed by atoms with van der Waals surface area (Å²) in [4.78, 5) is 23.9. The second-order valence-corrected chi connectivity index (χ2v) is 8.01. The van der Waals surface area contributed by atoms with Gasteiger partial charge in [-0.2, -0.15) is 0 Å². The fraction of sp³-hybridized carbons (Fsp3) is 0.652. The van der Waals surface area contributed by atoms with Crippen LogP contribution in [-0.4, -0.2) is 87.2 Å². The summed E-state index contributed by atoms with van der Waals surface area (Å²) in [5.41, 5.74) is 1.25. The van der Waals surface area contributed by atoms with Crippen LogP contribution < -0.4 is 10.2 Å². The molecular weight excluding hydrogens is 505 g/mol. The maximum Gasteiger partial charge on any atom is 0.251 e. The zero-order valence-electron chi connectivity index (χ0n) is 19.0. The van der Waals surface area contributed by atoms with Crippen molar-refractivity contribution in [2.24, 2.45) is 4.99 Å². The number of halogens is 1. The molecule has 0 spiro atoms. The summed E-state index contributed by atoms with van der Waals surface area (Å²) >= 11 is 0. The van der Waals surface area contributed by atoms with E-state index in [4.69, 9.17) is 9.73 Å². The van der Waals surface area contributed by atoms with Gasteiger partial charge in [-0.05, 0) is 44.7 Å². The molecule has 2 heterocycles. The minimum absolute atomic E-state index is 0. The first-order valence-electron chi connectivity index (χ1n) is 11.4. The molecule has 0 aliphatic carbocycles. The van der Waals surface area contributed by atoms with Crippen molar-refractivity contribution in [2.45, 2.75) is 38.7 Å². The summed E-state index contributed by atoms with van der Waals surface area (Å²) in [6, 6.07) is 10.5. The predicted octanol–water partition coefficient (Wildman–Crippen LogP) is 2.81. The summed E-state index contributed by atoms with van der Waals surface area (Å²) < 4.78 is 5.56. The molecular formula is C23H38IN5O2. The fourth-order valence-electron chi connectivity index (χ4n) is 4.00. The van der Waals surface area contributed by atoms with Crippen molar-refractivity contribution in [1.29, 1.82) is 0 Å².